The Morgan fingerprint density at radius 3 is 2.47 bits per heavy atom. The first-order chi connectivity index (χ1) is 6.83. The quantitative estimate of drug-likeness (QED) is 0.895. The smallest absolute Gasteiger partial charge is 0.209 e. The summed E-state index contributed by atoms with van der Waals surface area (Å²) in [7, 11) is -3.66. The number of rotatable bonds is 3. The zero-order chi connectivity index (χ0) is 11.6. The van der Waals surface area contributed by atoms with Crippen LogP contribution in [0.2, 0.25) is 5.02 Å². The lowest BCUT2D eigenvalue weighted by Crippen LogP contribution is -2.30. The number of sulfonamides is 1. The zero-order valence-electron chi connectivity index (χ0n) is 8.29. The Bertz CT molecular complexity index is 459. The minimum absolute atomic E-state index is 0.112. The van der Waals surface area contributed by atoms with Gasteiger partial charge in [0, 0.05) is 6.04 Å². The maximum atomic E-state index is 12.7. The average molecular weight is 252 g/mol. The zero-order valence-corrected chi connectivity index (χ0v) is 9.86. The van der Waals surface area contributed by atoms with E-state index in [1.807, 2.05) is 0 Å². The van der Waals surface area contributed by atoms with Crippen molar-refractivity contribution in [2.24, 2.45) is 0 Å². The third-order valence-corrected chi connectivity index (χ3v) is 3.72. The van der Waals surface area contributed by atoms with E-state index >= 15 is 0 Å². The second-order valence-electron chi connectivity index (χ2n) is 3.35. The molecule has 0 saturated carbocycles. The maximum absolute atomic E-state index is 12.7. The van der Waals surface area contributed by atoms with Crippen molar-refractivity contribution < 1.29 is 12.8 Å². The molecule has 1 aromatic carbocycles. The number of nitrogens with one attached hydrogen (secondary N) is 1. The molecule has 0 heterocycles. The molecule has 0 bridgehead atoms. The molecule has 1 N–H and O–H groups in total. The van der Waals surface area contributed by atoms with Crippen molar-refractivity contribution in [2.75, 3.05) is 0 Å². The lowest BCUT2D eigenvalue weighted by molar-refractivity contribution is 0.569. The van der Waals surface area contributed by atoms with E-state index in [1.165, 1.54) is 0 Å². The van der Waals surface area contributed by atoms with Gasteiger partial charge in [0.15, 0.2) is 0 Å². The van der Waals surface area contributed by atoms with E-state index in [1.54, 1.807) is 13.8 Å². The van der Waals surface area contributed by atoms with Gasteiger partial charge >= 0.3 is 0 Å². The molecule has 15 heavy (non-hydrogen) atoms. The highest BCUT2D eigenvalue weighted by atomic mass is 35.5. The molecule has 0 aromatic heterocycles. The Labute approximate surface area is 93.3 Å². The molecule has 1 rings (SSSR count). The third kappa shape index (κ3) is 3.15. The summed E-state index contributed by atoms with van der Waals surface area (Å²) >= 11 is 5.64. The van der Waals surface area contributed by atoms with Crippen LogP contribution < -0.4 is 4.72 Å². The Morgan fingerprint density at radius 1 is 1.40 bits per heavy atom. The fourth-order valence-electron chi connectivity index (χ4n) is 1.07. The molecule has 0 aliphatic heterocycles. The van der Waals surface area contributed by atoms with Crippen LogP contribution in [0.25, 0.3) is 0 Å². The second-order valence-corrected chi connectivity index (χ2v) is 5.44. The first kappa shape index (κ1) is 12.4. The molecule has 0 spiro atoms. The summed E-state index contributed by atoms with van der Waals surface area (Å²) in [6.45, 7) is 3.38. The van der Waals surface area contributed by atoms with Gasteiger partial charge in [0.1, 0.15) is 10.7 Å². The first-order valence-electron chi connectivity index (χ1n) is 4.30. The van der Waals surface area contributed by atoms with Crippen molar-refractivity contribution in [3.63, 3.8) is 0 Å². The van der Waals surface area contributed by atoms with Crippen LogP contribution in [0.15, 0.2) is 23.1 Å². The minimum Gasteiger partial charge on any atom is -0.209 e. The molecular formula is C9H11ClFNO2S. The molecule has 0 saturated heterocycles. The molecule has 0 radical (unpaired) electrons. The number of hydrogen-bond donors (Lipinski definition) is 1. The molecule has 0 unspecified atom stereocenters. The molecular weight excluding hydrogens is 241 g/mol. The van der Waals surface area contributed by atoms with Gasteiger partial charge in [0.05, 0.1) is 5.02 Å². The molecule has 0 amide bonds. The van der Waals surface area contributed by atoms with Gasteiger partial charge in [0.25, 0.3) is 0 Å². The van der Waals surface area contributed by atoms with Crippen LogP contribution in [0.4, 0.5) is 4.39 Å². The van der Waals surface area contributed by atoms with E-state index in [9.17, 15) is 12.8 Å². The van der Waals surface area contributed by atoms with Crippen LogP contribution in [0.3, 0.4) is 0 Å². The number of halogens is 2. The van der Waals surface area contributed by atoms with E-state index in [2.05, 4.69) is 4.72 Å². The van der Waals surface area contributed by atoms with Gasteiger partial charge < -0.3 is 0 Å². The largest absolute Gasteiger partial charge is 0.242 e. The van der Waals surface area contributed by atoms with Crippen LogP contribution in [0.1, 0.15) is 13.8 Å². The van der Waals surface area contributed by atoms with Gasteiger partial charge in [0.2, 0.25) is 10.0 Å². The Morgan fingerprint density at radius 2 is 2.00 bits per heavy atom. The van der Waals surface area contributed by atoms with Gasteiger partial charge in [-0.05, 0) is 32.0 Å². The molecule has 0 aliphatic carbocycles. The molecule has 0 aliphatic rings. The van der Waals surface area contributed by atoms with E-state index in [0.717, 1.165) is 18.2 Å². The fraction of sp³-hybridized carbons (Fsp3) is 0.333. The summed E-state index contributed by atoms with van der Waals surface area (Å²) in [5.74, 6) is -0.566. The van der Waals surface area contributed by atoms with Gasteiger partial charge in [-0.2, -0.15) is 0 Å². The molecule has 3 nitrogen and oxygen atoms in total. The lowest BCUT2D eigenvalue weighted by Gasteiger charge is -2.10. The fourth-order valence-corrected chi connectivity index (χ4v) is 2.85. The average Bonchev–Trinajstić information content (AvgIpc) is 1.99. The standard InChI is InChI=1S/C9H11ClFNO2S/c1-6(2)12-15(13,14)9-4-3-7(11)5-8(9)10/h3-6,12H,1-2H3. The summed E-state index contributed by atoms with van der Waals surface area (Å²) in [6, 6.07) is 2.93. The van der Waals surface area contributed by atoms with E-state index in [0.29, 0.717) is 0 Å². The monoisotopic (exact) mass is 251 g/mol. The van der Waals surface area contributed by atoms with Crippen molar-refractivity contribution in [3.8, 4) is 0 Å². The van der Waals surface area contributed by atoms with E-state index in [4.69, 9.17) is 11.6 Å². The lowest BCUT2D eigenvalue weighted by atomic mass is 10.3. The summed E-state index contributed by atoms with van der Waals surface area (Å²) in [6.07, 6.45) is 0. The molecule has 1 aromatic rings. The predicted octanol–water partition coefficient (Wildman–Crippen LogP) is 2.17. The highest BCUT2D eigenvalue weighted by molar-refractivity contribution is 7.89. The van der Waals surface area contributed by atoms with Crippen molar-refractivity contribution in [1.29, 1.82) is 0 Å². The number of hydrogen-bond acceptors (Lipinski definition) is 2. The Kier molecular flexibility index (Phi) is 3.70. The minimum atomic E-state index is -3.66. The van der Waals surface area contributed by atoms with Gasteiger partial charge in [-0.1, -0.05) is 11.6 Å². The third-order valence-electron chi connectivity index (χ3n) is 1.57. The van der Waals surface area contributed by atoms with Crippen LogP contribution in [0.5, 0.6) is 0 Å². The van der Waals surface area contributed by atoms with Crippen molar-refractivity contribution in [2.45, 2.75) is 24.8 Å². The summed E-state index contributed by atoms with van der Waals surface area (Å²) in [5, 5.41) is -0.122. The van der Waals surface area contributed by atoms with Gasteiger partial charge in [-0.3, -0.25) is 0 Å². The predicted molar refractivity (Wildman–Crippen MR) is 56.9 cm³/mol. The molecule has 6 heteroatoms. The van der Waals surface area contributed by atoms with Gasteiger partial charge in [-0.15, -0.1) is 0 Å². The van der Waals surface area contributed by atoms with Crippen molar-refractivity contribution >= 4 is 21.6 Å². The summed E-state index contributed by atoms with van der Waals surface area (Å²) < 4.78 is 38.4. The maximum Gasteiger partial charge on any atom is 0.242 e. The summed E-state index contributed by atoms with van der Waals surface area (Å²) in [4.78, 5) is -0.112. The molecule has 0 atom stereocenters. The van der Waals surface area contributed by atoms with Crippen LogP contribution >= 0.6 is 11.6 Å². The van der Waals surface area contributed by atoms with Gasteiger partial charge in [-0.25, -0.2) is 17.5 Å². The highest BCUT2D eigenvalue weighted by Crippen LogP contribution is 2.22. The van der Waals surface area contributed by atoms with Crippen LogP contribution in [-0.2, 0) is 10.0 Å². The second kappa shape index (κ2) is 4.47. The van der Waals surface area contributed by atoms with Crippen LogP contribution in [0, 0.1) is 5.82 Å². The van der Waals surface area contributed by atoms with E-state index in [-0.39, 0.29) is 16.0 Å². The SMILES string of the molecule is CC(C)NS(=O)(=O)c1ccc(F)cc1Cl. The Hall–Kier alpha value is -0.650. The van der Waals surface area contributed by atoms with E-state index < -0.39 is 15.8 Å². The highest BCUT2D eigenvalue weighted by Gasteiger charge is 2.18. The van der Waals surface area contributed by atoms with Crippen molar-refractivity contribution in [1.82, 2.24) is 4.72 Å². The number of benzene rings is 1. The van der Waals surface area contributed by atoms with Crippen molar-refractivity contribution in [3.05, 3.63) is 29.0 Å². The topological polar surface area (TPSA) is 46.2 Å². The summed E-state index contributed by atoms with van der Waals surface area (Å²) in [5.41, 5.74) is 0. The normalized spacial score (nSPS) is 12.1. The van der Waals surface area contributed by atoms with Crippen LogP contribution in [-0.4, -0.2) is 14.5 Å². The Balaban J connectivity index is 3.16. The first-order valence-corrected chi connectivity index (χ1v) is 6.16. The molecule has 0 fully saturated rings. The molecule has 84 valence electrons.